The Kier molecular flexibility index (Phi) is 5.89. The van der Waals surface area contributed by atoms with E-state index in [1.165, 1.54) is 49.5 Å². The van der Waals surface area contributed by atoms with Gasteiger partial charge in [0, 0.05) is 24.0 Å². The Hall–Kier alpha value is -3.25. The van der Waals surface area contributed by atoms with E-state index < -0.39 is 23.4 Å². The summed E-state index contributed by atoms with van der Waals surface area (Å²) >= 11 is 0.180. The van der Waals surface area contributed by atoms with Crippen molar-refractivity contribution in [2.45, 2.75) is 18.2 Å². The molecular weight excluding hydrogens is 427 g/mol. The summed E-state index contributed by atoms with van der Waals surface area (Å²) in [5.41, 5.74) is -1.68. The third-order valence-electron chi connectivity index (χ3n) is 3.90. The summed E-state index contributed by atoms with van der Waals surface area (Å²) < 4.78 is 47.2. The van der Waals surface area contributed by atoms with Gasteiger partial charge >= 0.3 is 23.4 Å². The number of ether oxygens (including phenoxy) is 1. The zero-order chi connectivity index (χ0) is 22.1. The van der Waals surface area contributed by atoms with E-state index in [4.69, 9.17) is 4.74 Å². The van der Waals surface area contributed by atoms with Crippen molar-refractivity contribution in [1.82, 2.24) is 14.1 Å². The average molecular weight is 441 g/mol. The van der Waals surface area contributed by atoms with Crippen LogP contribution in [0.4, 0.5) is 13.2 Å². The Morgan fingerprint density at radius 1 is 1.00 bits per heavy atom. The molecule has 0 bridgehead atoms. The van der Waals surface area contributed by atoms with Gasteiger partial charge in [0.05, 0.1) is 5.69 Å². The van der Waals surface area contributed by atoms with Crippen molar-refractivity contribution in [1.29, 1.82) is 0 Å². The van der Waals surface area contributed by atoms with Gasteiger partial charge < -0.3 is 4.74 Å². The molecule has 0 aliphatic carbocycles. The van der Waals surface area contributed by atoms with Crippen LogP contribution in [0.1, 0.15) is 5.56 Å². The predicted octanol–water partition coefficient (Wildman–Crippen LogP) is 2.87. The number of nitrogens with one attached hydrogen (secondary N) is 1. The SMILES string of the molecule is Cc1cc(-n2c(=O)[nH]c(=O)n(C)c2=O)ccc1Oc1ccc(SOC(F)(F)F)cc1. The van der Waals surface area contributed by atoms with E-state index in [0.29, 0.717) is 17.1 Å². The third kappa shape index (κ3) is 4.83. The van der Waals surface area contributed by atoms with Crippen molar-refractivity contribution in [2.24, 2.45) is 7.05 Å². The molecule has 0 amide bonds. The molecule has 2 aromatic carbocycles. The van der Waals surface area contributed by atoms with E-state index in [-0.39, 0.29) is 22.6 Å². The summed E-state index contributed by atoms with van der Waals surface area (Å²) in [6, 6.07) is 10.3. The maximum absolute atomic E-state index is 12.2. The summed E-state index contributed by atoms with van der Waals surface area (Å²) in [6.07, 6.45) is -4.74. The van der Waals surface area contributed by atoms with Crippen LogP contribution in [-0.4, -0.2) is 20.5 Å². The normalized spacial score (nSPS) is 11.5. The molecule has 0 fully saturated rings. The molecular formula is C18H14F3N3O5S. The lowest BCUT2D eigenvalue weighted by molar-refractivity contribution is -0.266. The number of aromatic amines is 1. The van der Waals surface area contributed by atoms with Gasteiger partial charge in [-0.05, 0) is 55.0 Å². The first-order chi connectivity index (χ1) is 14.0. The smallest absolute Gasteiger partial charge is 0.457 e. The van der Waals surface area contributed by atoms with E-state index in [2.05, 4.69) is 4.18 Å². The van der Waals surface area contributed by atoms with Crippen molar-refractivity contribution >= 4 is 12.0 Å². The van der Waals surface area contributed by atoms with Crippen LogP contribution in [0.25, 0.3) is 5.69 Å². The average Bonchev–Trinajstić information content (AvgIpc) is 2.67. The van der Waals surface area contributed by atoms with Crippen LogP contribution in [-0.2, 0) is 11.2 Å². The number of alkyl halides is 3. The standard InChI is InChI=1S/C18H14F3N3O5S/c1-10-9-11(24-16(26)22-15(25)23(2)17(24)27)3-8-14(10)28-12-4-6-13(7-5-12)30-29-18(19,20)21/h3-9H,1-2H3,(H,22,25,26). The lowest BCUT2D eigenvalue weighted by atomic mass is 10.2. The number of rotatable bonds is 5. The third-order valence-corrected chi connectivity index (χ3v) is 4.64. The summed E-state index contributed by atoms with van der Waals surface area (Å²) in [4.78, 5) is 38.0. The molecule has 1 aromatic heterocycles. The van der Waals surface area contributed by atoms with Gasteiger partial charge in [-0.2, -0.15) is 0 Å². The first-order valence-electron chi connectivity index (χ1n) is 8.29. The van der Waals surface area contributed by atoms with E-state index in [0.717, 1.165) is 9.13 Å². The Bertz CT molecular complexity index is 1250. The second-order valence-corrected chi connectivity index (χ2v) is 6.85. The molecule has 1 heterocycles. The summed E-state index contributed by atoms with van der Waals surface area (Å²) in [7, 11) is 1.24. The lowest BCUT2D eigenvalue weighted by Crippen LogP contribution is -2.47. The summed E-state index contributed by atoms with van der Waals surface area (Å²) in [6.45, 7) is 1.68. The number of aromatic nitrogens is 3. The second-order valence-electron chi connectivity index (χ2n) is 6.05. The Morgan fingerprint density at radius 2 is 1.67 bits per heavy atom. The Balaban J connectivity index is 1.82. The molecule has 12 heteroatoms. The first-order valence-corrected chi connectivity index (χ1v) is 9.03. The fourth-order valence-corrected chi connectivity index (χ4v) is 2.89. The van der Waals surface area contributed by atoms with Gasteiger partial charge in [0.2, 0.25) is 0 Å². The number of benzene rings is 2. The highest BCUT2D eigenvalue weighted by Gasteiger charge is 2.30. The molecule has 8 nitrogen and oxygen atoms in total. The van der Waals surface area contributed by atoms with E-state index in [1.54, 1.807) is 6.92 Å². The van der Waals surface area contributed by atoms with Crippen molar-refractivity contribution < 1.29 is 22.1 Å². The fraction of sp³-hybridized carbons (Fsp3) is 0.167. The molecule has 0 saturated heterocycles. The van der Waals surface area contributed by atoms with Crippen LogP contribution in [0.3, 0.4) is 0 Å². The maximum Gasteiger partial charge on any atom is 0.533 e. The van der Waals surface area contributed by atoms with Crippen molar-refractivity contribution in [3.63, 3.8) is 0 Å². The monoisotopic (exact) mass is 441 g/mol. The van der Waals surface area contributed by atoms with Gasteiger partial charge in [-0.3, -0.25) is 4.98 Å². The highest BCUT2D eigenvalue weighted by Crippen LogP contribution is 2.32. The molecule has 0 atom stereocenters. The molecule has 0 spiro atoms. The molecule has 0 unspecified atom stereocenters. The molecule has 3 rings (SSSR count). The molecule has 1 N–H and O–H groups in total. The number of H-pyrrole nitrogens is 1. The molecule has 0 saturated carbocycles. The van der Waals surface area contributed by atoms with Gasteiger partial charge in [-0.25, -0.2) is 27.7 Å². The zero-order valence-corrected chi connectivity index (χ0v) is 16.3. The van der Waals surface area contributed by atoms with Gasteiger partial charge in [0.1, 0.15) is 11.5 Å². The fourth-order valence-electron chi connectivity index (χ4n) is 2.46. The summed E-state index contributed by atoms with van der Waals surface area (Å²) in [5.74, 6) is 0.763. The molecule has 0 aliphatic rings. The van der Waals surface area contributed by atoms with Crippen LogP contribution in [0, 0.1) is 6.92 Å². The predicted molar refractivity (Wildman–Crippen MR) is 102 cm³/mol. The minimum Gasteiger partial charge on any atom is -0.457 e. The number of hydrogen-bond acceptors (Lipinski definition) is 6. The molecule has 3 aromatic rings. The van der Waals surface area contributed by atoms with Gasteiger partial charge in [0.25, 0.3) is 0 Å². The van der Waals surface area contributed by atoms with E-state index in [9.17, 15) is 27.6 Å². The Morgan fingerprint density at radius 3 is 2.27 bits per heavy atom. The number of halogens is 3. The number of hydrogen-bond donors (Lipinski definition) is 1. The number of nitrogens with zero attached hydrogens (tertiary/aromatic N) is 2. The van der Waals surface area contributed by atoms with Crippen LogP contribution in [0.2, 0.25) is 0 Å². The highest BCUT2D eigenvalue weighted by atomic mass is 32.2. The zero-order valence-electron chi connectivity index (χ0n) is 15.5. The van der Waals surface area contributed by atoms with Crippen LogP contribution in [0.15, 0.2) is 61.7 Å². The van der Waals surface area contributed by atoms with Gasteiger partial charge in [-0.1, -0.05) is 0 Å². The lowest BCUT2D eigenvalue weighted by Gasteiger charge is -2.12. The first kappa shape index (κ1) is 21.5. The second kappa shape index (κ2) is 8.24. The van der Waals surface area contributed by atoms with Gasteiger partial charge in [0.15, 0.2) is 0 Å². The summed E-state index contributed by atoms with van der Waals surface area (Å²) in [5, 5.41) is 0. The van der Waals surface area contributed by atoms with Crippen molar-refractivity contribution in [2.75, 3.05) is 0 Å². The van der Waals surface area contributed by atoms with Crippen molar-refractivity contribution in [3.8, 4) is 17.2 Å². The molecule has 158 valence electrons. The minimum absolute atomic E-state index is 0.180. The van der Waals surface area contributed by atoms with Crippen LogP contribution < -0.4 is 21.8 Å². The minimum atomic E-state index is -4.74. The maximum atomic E-state index is 12.2. The van der Waals surface area contributed by atoms with Crippen LogP contribution >= 0.6 is 12.0 Å². The van der Waals surface area contributed by atoms with Crippen molar-refractivity contribution in [3.05, 3.63) is 79.5 Å². The molecule has 0 radical (unpaired) electrons. The topological polar surface area (TPSA) is 95.3 Å². The van der Waals surface area contributed by atoms with Crippen LogP contribution in [0.5, 0.6) is 11.5 Å². The quantitative estimate of drug-likeness (QED) is 0.612. The van der Waals surface area contributed by atoms with E-state index in [1.807, 2.05) is 4.98 Å². The molecule has 0 aliphatic heterocycles. The largest absolute Gasteiger partial charge is 0.533 e. The van der Waals surface area contributed by atoms with E-state index >= 15 is 0 Å². The number of aryl methyl sites for hydroxylation is 1. The van der Waals surface area contributed by atoms with Gasteiger partial charge in [-0.15, -0.1) is 13.2 Å². The Labute approximate surface area is 170 Å². The molecule has 30 heavy (non-hydrogen) atoms. The highest BCUT2D eigenvalue weighted by molar-refractivity contribution is 7.94.